The molecule has 0 bridgehead atoms. The Balaban J connectivity index is 2.27. The summed E-state index contributed by atoms with van der Waals surface area (Å²) in [7, 11) is 1.67. The largest absolute Gasteiger partial charge is 0.416 e. The zero-order valence-corrected chi connectivity index (χ0v) is 12.1. The smallest absolute Gasteiger partial charge is 0.387 e. The summed E-state index contributed by atoms with van der Waals surface area (Å²) < 4.78 is 42.2. The quantitative estimate of drug-likeness (QED) is 0.689. The highest BCUT2D eigenvalue weighted by atomic mass is 19.4. The lowest BCUT2D eigenvalue weighted by Crippen LogP contribution is -2.22. The average molecular weight is 305 g/mol. The fraction of sp³-hybridized carbons (Fsp3) is 0.600. The van der Waals surface area contributed by atoms with Crippen LogP contribution in [0.25, 0.3) is 0 Å². The van der Waals surface area contributed by atoms with Crippen molar-refractivity contribution >= 4 is 0 Å². The number of methoxy groups -OCH3 is 1. The number of benzene rings is 1. The highest BCUT2D eigenvalue weighted by Gasteiger charge is 2.30. The van der Waals surface area contributed by atoms with Crippen molar-refractivity contribution in [3.05, 3.63) is 35.4 Å². The molecule has 0 aliphatic heterocycles. The van der Waals surface area contributed by atoms with E-state index in [2.05, 4.69) is 5.32 Å². The van der Waals surface area contributed by atoms with Crippen LogP contribution in [0.4, 0.5) is 13.2 Å². The summed E-state index contributed by atoms with van der Waals surface area (Å²) in [5.74, 6) is 0. The molecule has 1 aromatic carbocycles. The number of aliphatic hydroxyl groups excluding tert-OH is 1. The van der Waals surface area contributed by atoms with Crippen LogP contribution >= 0.6 is 0 Å². The molecule has 1 rings (SSSR count). The van der Waals surface area contributed by atoms with Crippen LogP contribution in [-0.4, -0.2) is 31.9 Å². The Labute approximate surface area is 123 Å². The van der Waals surface area contributed by atoms with Gasteiger partial charge in [0.15, 0.2) is 0 Å². The third-order valence-electron chi connectivity index (χ3n) is 3.16. The third kappa shape index (κ3) is 6.93. The van der Waals surface area contributed by atoms with Gasteiger partial charge in [0.2, 0.25) is 0 Å². The molecule has 0 amide bonds. The van der Waals surface area contributed by atoms with Crippen LogP contribution in [0.3, 0.4) is 0 Å². The molecule has 2 N–H and O–H groups in total. The van der Waals surface area contributed by atoms with Crippen LogP contribution in [0.5, 0.6) is 0 Å². The number of halogens is 3. The van der Waals surface area contributed by atoms with E-state index in [4.69, 9.17) is 4.74 Å². The summed E-state index contributed by atoms with van der Waals surface area (Å²) in [4.78, 5) is 0. The van der Waals surface area contributed by atoms with Crippen LogP contribution in [0.2, 0.25) is 0 Å². The Hall–Kier alpha value is -1.11. The van der Waals surface area contributed by atoms with Gasteiger partial charge in [0.25, 0.3) is 0 Å². The van der Waals surface area contributed by atoms with Gasteiger partial charge < -0.3 is 15.2 Å². The number of alkyl halides is 3. The van der Waals surface area contributed by atoms with E-state index in [1.807, 2.05) is 0 Å². The van der Waals surface area contributed by atoms with Crippen molar-refractivity contribution in [2.75, 3.05) is 26.8 Å². The highest BCUT2D eigenvalue weighted by molar-refractivity contribution is 5.26. The molecule has 0 aliphatic carbocycles. The maximum Gasteiger partial charge on any atom is 0.416 e. The summed E-state index contributed by atoms with van der Waals surface area (Å²) in [6, 6.07) is 4.61. The Morgan fingerprint density at radius 3 is 2.38 bits per heavy atom. The molecule has 1 atom stereocenters. The number of rotatable bonds is 9. The van der Waals surface area contributed by atoms with Gasteiger partial charge in [0, 0.05) is 20.3 Å². The van der Waals surface area contributed by atoms with E-state index < -0.39 is 17.8 Å². The van der Waals surface area contributed by atoms with Crippen LogP contribution in [0, 0.1) is 0 Å². The Kier molecular flexibility index (Phi) is 7.71. The first kappa shape index (κ1) is 17.9. The van der Waals surface area contributed by atoms with Crippen molar-refractivity contribution in [1.82, 2.24) is 5.32 Å². The van der Waals surface area contributed by atoms with Crippen molar-refractivity contribution in [2.45, 2.75) is 31.5 Å². The second-order valence-corrected chi connectivity index (χ2v) is 4.89. The van der Waals surface area contributed by atoms with Gasteiger partial charge in [-0.15, -0.1) is 0 Å². The fourth-order valence-electron chi connectivity index (χ4n) is 1.92. The Bertz CT molecular complexity index is 393. The molecule has 0 spiro atoms. The van der Waals surface area contributed by atoms with E-state index in [0.29, 0.717) is 12.1 Å². The van der Waals surface area contributed by atoms with Crippen LogP contribution in [0.15, 0.2) is 24.3 Å². The van der Waals surface area contributed by atoms with Gasteiger partial charge in [-0.1, -0.05) is 12.1 Å². The molecule has 0 saturated heterocycles. The number of aliphatic hydroxyl groups is 1. The molecule has 1 unspecified atom stereocenters. The predicted molar refractivity (Wildman–Crippen MR) is 75.0 cm³/mol. The van der Waals surface area contributed by atoms with Crippen LogP contribution in [-0.2, 0) is 10.9 Å². The van der Waals surface area contributed by atoms with E-state index in [1.165, 1.54) is 12.1 Å². The molecule has 3 nitrogen and oxygen atoms in total. The molecule has 0 aliphatic rings. The first-order valence-corrected chi connectivity index (χ1v) is 7.00. The fourth-order valence-corrected chi connectivity index (χ4v) is 1.92. The lowest BCUT2D eigenvalue weighted by atomic mass is 10.1. The van der Waals surface area contributed by atoms with E-state index >= 15 is 0 Å². The summed E-state index contributed by atoms with van der Waals surface area (Å²) in [5, 5.41) is 13.0. The Morgan fingerprint density at radius 2 is 1.81 bits per heavy atom. The lowest BCUT2D eigenvalue weighted by Gasteiger charge is -2.13. The summed E-state index contributed by atoms with van der Waals surface area (Å²) in [6.45, 7) is 1.84. The van der Waals surface area contributed by atoms with Gasteiger partial charge >= 0.3 is 6.18 Å². The van der Waals surface area contributed by atoms with E-state index in [9.17, 15) is 18.3 Å². The minimum absolute atomic E-state index is 0.329. The average Bonchev–Trinajstić information content (AvgIpc) is 2.45. The predicted octanol–water partition coefficient (Wildman–Crippen LogP) is 3.15. The van der Waals surface area contributed by atoms with E-state index in [0.717, 1.165) is 44.5 Å². The maximum atomic E-state index is 12.4. The van der Waals surface area contributed by atoms with E-state index in [-0.39, 0.29) is 0 Å². The van der Waals surface area contributed by atoms with Crippen molar-refractivity contribution < 1.29 is 23.0 Å². The maximum absolute atomic E-state index is 12.4. The van der Waals surface area contributed by atoms with Gasteiger partial charge in [-0.05, 0) is 43.5 Å². The molecule has 6 heteroatoms. The summed E-state index contributed by atoms with van der Waals surface area (Å²) >= 11 is 0. The molecular weight excluding hydrogens is 283 g/mol. The van der Waals surface area contributed by atoms with Gasteiger partial charge in [0.1, 0.15) is 0 Å². The first-order valence-electron chi connectivity index (χ1n) is 7.00. The number of hydrogen-bond donors (Lipinski definition) is 2. The van der Waals surface area contributed by atoms with E-state index in [1.54, 1.807) is 7.11 Å². The van der Waals surface area contributed by atoms with Gasteiger partial charge in [0.05, 0.1) is 11.7 Å². The lowest BCUT2D eigenvalue weighted by molar-refractivity contribution is -0.137. The first-order chi connectivity index (χ1) is 9.95. The number of unbranched alkanes of at least 4 members (excludes halogenated alkanes) is 2. The topological polar surface area (TPSA) is 41.5 Å². The van der Waals surface area contributed by atoms with Crippen molar-refractivity contribution in [3.63, 3.8) is 0 Å². The van der Waals surface area contributed by atoms with Gasteiger partial charge in [-0.3, -0.25) is 0 Å². The molecule has 0 heterocycles. The van der Waals surface area contributed by atoms with Crippen molar-refractivity contribution in [3.8, 4) is 0 Å². The second kappa shape index (κ2) is 9.02. The van der Waals surface area contributed by atoms with Crippen molar-refractivity contribution in [1.29, 1.82) is 0 Å². The van der Waals surface area contributed by atoms with Gasteiger partial charge in [-0.25, -0.2) is 0 Å². The zero-order valence-electron chi connectivity index (χ0n) is 12.1. The third-order valence-corrected chi connectivity index (χ3v) is 3.16. The molecule has 1 aromatic rings. The molecule has 0 fully saturated rings. The summed E-state index contributed by atoms with van der Waals surface area (Å²) in [5.41, 5.74) is -0.223. The Morgan fingerprint density at radius 1 is 1.14 bits per heavy atom. The molecular formula is C15H22F3NO2. The molecule has 0 saturated carbocycles. The second-order valence-electron chi connectivity index (χ2n) is 4.89. The normalized spacial score (nSPS) is 13.4. The minimum Gasteiger partial charge on any atom is -0.387 e. The number of hydrogen-bond acceptors (Lipinski definition) is 3. The molecule has 0 radical (unpaired) electrons. The number of ether oxygens (including phenoxy) is 1. The minimum atomic E-state index is -4.34. The zero-order chi connectivity index (χ0) is 15.7. The molecule has 0 aromatic heterocycles. The van der Waals surface area contributed by atoms with Crippen LogP contribution < -0.4 is 5.32 Å². The van der Waals surface area contributed by atoms with Crippen LogP contribution in [0.1, 0.15) is 36.5 Å². The SMILES string of the molecule is COCCCCCNCC(O)c1ccc(C(F)(F)F)cc1. The highest BCUT2D eigenvalue weighted by Crippen LogP contribution is 2.29. The number of nitrogens with one attached hydrogen (secondary N) is 1. The summed E-state index contributed by atoms with van der Waals surface area (Å²) in [6.07, 6.45) is -2.13. The monoisotopic (exact) mass is 305 g/mol. The van der Waals surface area contributed by atoms with Crippen molar-refractivity contribution in [2.24, 2.45) is 0 Å². The molecule has 21 heavy (non-hydrogen) atoms. The van der Waals surface area contributed by atoms with Gasteiger partial charge in [-0.2, -0.15) is 13.2 Å². The standard InChI is InChI=1S/C15H22F3NO2/c1-21-10-4-2-3-9-19-11-14(20)12-5-7-13(8-6-12)15(16,17)18/h5-8,14,19-20H,2-4,9-11H2,1H3. The molecule has 120 valence electrons.